The van der Waals surface area contributed by atoms with Crippen molar-refractivity contribution >= 4 is 29.3 Å². The molecular formula is C24H30N6O2. The summed E-state index contributed by atoms with van der Waals surface area (Å²) >= 11 is 0. The van der Waals surface area contributed by atoms with E-state index in [1.807, 2.05) is 31.4 Å². The van der Waals surface area contributed by atoms with Crippen LogP contribution in [-0.4, -0.2) is 46.8 Å². The molecule has 3 aliphatic rings. The fourth-order valence-corrected chi connectivity index (χ4v) is 4.28. The summed E-state index contributed by atoms with van der Waals surface area (Å²) in [5.74, 6) is 2.43. The summed E-state index contributed by atoms with van der Waals surface area (Å²) in [5, 5.41) is 9.77. The standard InChI is InChI=1S/C24H30N6O2/c1-30-14-17-12-18(8-9-19(17)23(30)32)28-24-27-13-20(15-6-7-15)21(29-24)25-10-3-11-26-22(31)16-4-2-5-16/h8-9,12-13,15-16H,2-7,10-11,14H2,1H3,(H,26,31)(H2,25,27,28,29). The second-order valence-corrected chi connectivity index (χ2v) is 9.13. The van der Waals surface area contributed by atoms with Gasteiger partial charge in [0, 0.05) is 55.6 Å². The minimum Gasteiger partial charge on any atom is -0.370 e. The van der Waals surface area contributed by atoms with Crippen molar-refractivity contribution in [2.45, 2.75) is 51.0 Å². The van der Waals surface area contributed by atoms with Gasteiger partial charge in [0.25, 0.3) is 5.91 Å². The Morgan fingerprint density at radius 3 is 2.78 bits per heavy atom. The summed E-state index contributed by atoms with van der Waals surface area (Å²) in [6.45, 7) is 2.04. The van der Waals surface area contributed by atoms with Crippen molar-refractivity contribution in [3.63, 3.8) is 0 Å². The Bertz CT molecular complexity index is 1030. The second-order valence-electron chi connectivity index (χ2n) is 9.13. The lowest BCUT2D eigenvalue weighted by Crippen LogP contribution is -2.35. The van der Waals surface area contributed by atoms with Crippen molar-refractivity contribution < 1.29 is 9.59 Å². The molecule has 2 amide bonds. The molecule has 0 unspecified atom stereocenters. The van der Waals surface area contributed by atoms with Crippen LogP contribution >= 0.6 is 0 Å². The van der Waals surface area contributed by atoms with Crippen LogP contribution in [0.2, 0.25) is 0 Å². The van der Waals surface area contributed by atoms with E-state index in [1.54, 1.807) is 4.90 Å². The number of nitrogens with one attached hydrogen (secondary N) is 3. The minimum atomic E-state index is 0.0620. The maximum Gasteiger partial charge on any atom is 0.254 e. The molecule has 32 heavy (non-hydrogen) atoms. The predicted molar refractivity (Wildman–Crippen MR) is 123 cm³/mol. The fourth-order valence-electron chi connectivity index (χ4n) is 4.28. The van der Waals surface area contributed by atoms with E-state index in [1.165, 1.54) is 19.3 Å². The van der Waals surface area contributed by atoms with Crippen LogP contribution in [0, 0.1) is 5.92 Å². The monoisotopic (exact) mass is 434 g/mol. The Morgan fingerprint density at radius 2 is 2.03 bits per heavy atom. The lowest BCUT2D eigenvalue weighted by Gasteiger charge is -2.24. The molecule has 2 heterocycles. The number of hydrogen-bond donors (Lipinski definition) is 3. The molecule has 8 nitrogen and oxygen atoms in total. The molecule has 8 heteroatoms. The Hall–Kier alpha value is -3.16. The van der Waals surface area contributed by atoms with Gasteiger partial charge in [-0.15, -0.1) is 0 Å². The van der Waals surface area contributed by atoms with E-state index < -0.39 is 0 Å². The van der Waals surface area contributed by atoms with E-state index >= 15 is 0 Å². The SMILES string of the molecule is CN1Cc2cc(Nc3ncc(C4CC4)c(NCCCNC(=O)C4CCC4)n3)ccc2C1=O. The van der Waals surface area contributed by atoms with Crippen LogP contribution in [0.1, 0.15) is 65.9 Å². The average Bonchev–Trinajstić information content (AvgIpc) is 3.53. The van der Waals surface area contributed by atoms with E-state index in [9.17, 15) is 9.59 Å². The van der Waals surface area contributed by atoms with Crippen LogP contribution in [-0.2, 0) is 11.3 Å². The van der Waals surface area contributed by atoms with Crippen molar-refractivity contribution in [3.05, 3.63) is 41.1 Å². The van der Waals surface area contributed by atoms with Gasteiger partial charge in [-0.05, 0) is 61.8 Å². The maximum atomic E-state index is 12.1. The zero-order chi connectivity index (χ0) is 22.1. The highest BCUT2D eigenvalue weighted by atomic mass is 16.2. The predicted octanol–water partition coefficient (Wildman–Crippen LogP) is 3.40. The van der Waals surface area contributed by atoms with E-state index in [-0.39, 0.29) is 17.7 Å². The van der Waals surface area contributed by atoms with Gasteiger partial charge < -0.3 is 20.9 Å². The summed E-state index contributed by atoms with van der Waals surface area (Å²) in [4.78, 5) is 35.0. The van der Waals surface area contributed by atoms with E-state index in [2.05, 4.69) is 20.9 Å². The molecule has 168 valence electrons. The number of carbonyl (C=O) groups excluding carboxylic acids is 2. The largest absolute Gasteiger partial charge is 0.370 e. The van der Waals surface area contributed by atoms with Crippen LogP contribution in [0.4, 0.5) is 17.5 Å². The summed E-state index contributed by atoms with van der Waals surface area (Å²) in [6, 6.07) is 5.75. The molecule has 2 aromatic rings. The first-order chi connectivity index (χ1) is 15.6. The number of rotatable bonds is 9. The molecule has 1 aromatic carbocycles. The van der Waals surface area contributed by atoms with Gasteiger partial charge in [-0.3, -0.25) is 9.59 Å². The van der Waals surface area contributed by atoms with Crippen molar-refractivity contribution in [2.75, 3.05) is 30.8 Å². The molecule has 0 bridgehead atoms. The second kappa shape index (κ2) is 8.76. The number of aromatic nitrogens is 2. The summed E-state index contributed by atoms with van der Waals surface area (Å²) in [5.41, 5.74) is 3.81. The number of amides is 2. The molecule has 0 saturated heterocycles. The van der Waals surface area contributed by atoms with Gasteiger partial charge in [0.2, 0.25) is 11.9 Å². The van der Waals surface area contributed by atoms with Gasteiger partial charge in [-0.25, -0.2) is 4.98 Å². The van der Waals surface area contributed by atoms with Gasteiger partial charge in [-0.2, -0.15) is 4.98 Å². The molecule has 0 atom stereocenters. The molecule has 1 aromatic heterocycles. The third kappa shape index (κ3) is 4.40. The van der Waals surface area contributed by atoms with Gasteiger partial charge in [0.05, 0.1) is 0 Å². The van der Waals surface area contributed by atoms with E-state index in [0.29, 0.717) is 25.0 Å². The number of fused-ring (bicyclic) bond motifs is 1. The quantitative estimate of drug-likeness (QED) is 0.523. The molecule has 0 radical (unpaired) electrons. The van der Waals surface area contributed by atoms with E-state index in [0.717, 1.165) is 54.0 Å². The molecule has 3 N–H and O–H groups in total. The summed E-state index contributed by atoms with van der Waals surface area (Å²) in [7, 11) is 1.81. The Morgan fingerprint density at radius 1 is 1.19 bits per heavy atom. The fraction of sp³-hybridized carbons (Fsp3) is 0.500. The highest BCUT2D eigenvalue weighted by Crippen LogP contribution is 2.42. The maximum absolute atomic E-state index is 12.1. The van der Waals surface area contributed by atoms with Crippen LogP contribution in [0.3, 0.4) is 0 Å². The van der Waals surface area contributed by atoms with Crippen LogP contribution < -0.4 is 16.0 Å². The first-order valence-corrected chi connectivity index (χ1v) is 11.6. The Kier molecular flexibility index (Phi) is 5.68. The highest BCUT2D eigenvalue weighted by Gasteiger charge is 2.28. The number of benzene rings is 1. The number of anilines is 3. The lowest BCUT2D eigenvalue weighted by molar-refractivity contribution is -0.127. The Balaban J connectivity index is 1.20. The van der Waals surface area contributed by atoms with Crippen molar-refractivity contribution in [3.8, 4) is 0 Å². The average molecular weight is 435 g/mol. The van der Waals surface area contributed by atoms with Crippen molar-refractivity contribution in [1.82, 2.24) is 20.2 Å². The van der Waals surface area contributed by atoms with Gasteiger partial charge in [-0.1, -0.05) is 6.42 Å². The topological polar surface area (TPSA) is 99.2 Å². The summed E-state index contributed by atoms with van der Waals surface area (Å²) < 4.78 is 0. The Labute approximate surface area is 188 Å². The molecule has 5 rings (SSSR count). The number of nitrogens with zero attached hydrogens (tertiary/aromatic N) is 3. The van der Waals surface area contributed by atoms with E-state index in [4.69, 9.17) is 4.98 Å². The molecule has 0 spiro atoms. The van der Waals surface area contributed by atoms with Crippen molar-refractivity contribution in [1.29, 1.82) is 0 Å². The first kappa shape index (κ1) is 20.7. The van der Waals surface area contributed by atoms with Gasteiger partial charge in [0.15, 0.2) is 0 Å². The molecular weight excluding hydrogens is 404 g/mol. The van der Waals surface area contributed by atoms with Crippen molar-refractivity contribution in [2.24, 2.45) is 5.92 Å². The molecule has 2 aliphatic carbocycles. The zero-order valence-electron chi connectivity index (χ0n) is 18.5. The van der Waals surface area contributed by atoms with Gasteiger partial charge >= 0.3 is 0 Å². The number of carbonyl (C=O) groups is 2. The lowest BCUT2D eigenvalue weighted by atomic mass is 9.85. The molecule has 1 aliphatic heterocycles. The summed E-state index contributed by atoms with van der Waals surface area (Å²) in [6.07, 6.45) is 8.35. The third-order valence-electron chi connectivity index (χ3n) is 6.60. The minimum absolute atomic E-state index is 0.0620. The van der Waals surface area contributed by atoms with Crippen LogP contribution in [0.5, 0.6) is 0 Å². The third-order valence-corrected chi connectivity index (χ3v) is 6.60. The smallest absolute Gasteiger partial charge is 0.254 e. The molecule has 2 fully saturated rings. The van der Waals surface area contributed by atoms with Crippen LogP contribution in [0.15, 0.2) is 24.4 Å². The molecule has 2 saturated carbocycles. The zero-order valence-corrected chi connectivity index (χ0v) is 18.5. The normalized spacial score (nSPS) is 17.7. The highest BCUT2D eigenvalue weighted by molar-refractivity contribution is 5.98. The van der Waals surface area contributed by atoms with Crippen LogP contribution in [0.25, 0.3) is 0 Å². The number of hydrogen-bond acceptors (Lipinski definition) is 6. The van der Waals surface area contributed by atoms with Gasteiger partial charge in [0.1, 0.15) is 5.82 Å². The first-order valence-electron chi connectivity index (χ1n) is 11.6.